The van der Waals surface area contributed by atoms with Gasteiger partial charge in [0.15, 0.2) is 0 Å². The third-order valence-corrected chi connectivity index (χ3v) is 4.04. The number of hydrogen-bond acceptors (Lipinski definition) is 1. The van der Waals surface area contributed by atoms with E-state index in [9.17, 15) is 4.39 Å². The largest absolute Gasteiger partial charge is 0.325 e. The molecule has 114 valence electrons. The van der Waals surface area contributed by atoms with Crippen molar-refractivity contribution in [1.82, 2.24) is 9.55 Å². The second-order valence-electron chi connectivity index (χ2n) is 5.98. The molecule has 0 bridgehead atoms. The number of aromatic nitrogens is 2. The summed E-state index contributed by atoms with van der Waals surface area (Å²) in [6.07, 6.45) is 8.74. The molecule has 1 aliphatic carbocycles. The molecule has 22 heavy (non-hydrogen) atoms. The molecule has 2 nitrogen and oxygen atoms in total. The summed E-state index contributed by atoms with van der Waals surface area (Å²) in [7, 11) is 0. The number of benzene rings is 1. The highest BCUT2D eigenvalue weighted by Gasteiger charge is 2.19. The molecule has 0 atom stereocenters. The lowest BCUT2D eigenvalue weighted by molar-refractivity contribution is 0.579. The Morgan fingerprint density at radius 2 is 1.86 bits per heavy atom. The molecule has 0 unspecified atom stereocenters. The predicted octanol–water partition coefficient (Wildman–Crippen LogP) is 5.31. The number of imidazole rings is 1. The first kappa shape index (κ1) is 14.8. The fourth-order valence-corrected chi connectivity index (χ4v) is 3.01. The molecular weight excluding hydrogens is 275 g/mol. The maximum atomic E-state index is 13.2. The fourth-order valence-electron chi connectivity index (χ4n) is 3.01. The third kappa shape index (κ3) is 2.63. The van der Waals surface area contributed by atoms with Crippen LogP contribution in [0.15, 0.2) is 42.5 Å². The number of nitrogens with zero attached hydrogens (tertiary/aromatic N) is 2. The lowest BCUT2D eigenvalue weighted by Gasteiger charge is -2.15. The summed E-state index contributed by atoms with van der Waals surface area (Å²) in [6.45, 7) is 6.42. The lowest BCUT2D eigenvalue weighted by atomic mass is 10.1. The maximum Gasteiger partial charge on any atom is 0.140 e. The molecule has 0 fully saturated rings. The molecule has 0 N–H and O–H groups in total. The van der Waals surface area contributed by atoms with Gasteiger partial charge in [0.2, 0.25) is 0 Å². The van der Waals surface area contributed by atoms with Gasteiger partial charge >= 0.3 is 0 Å². The van der Waals surface area contributed by atoms with Crippen LogP contribution >= 0.6 is 0 Å². The van der Waals surface area contributed by atoms with Crippen molar-refractivity contribution in [3.8, 4) is 11.3 Å². The van der Waals surface area contributed by atoms with Gasteiger partial charge in [-0.2, -0.15) is 0 Å². The molecule has 0 amide bonds. The van der Waals surface area contributed by atoms with Crippen molar-refractivity contribution < 1.29 is 4.39 Å². The first-order chi connectivity index (χ1) is 10.6. The van der Waals surface area contributed by atoms with Crippen LogP contribution < -0.4 is 0 Å². The Bertz CT molecular complexity index is 734. The molecule has 1 heterocycles. The maximum absolute atomic E-state index is 13.2. The SMILES string of the molecule is Cc1c(-c2ccc(F)cc2)nc(C2=CCCC=C2)n1C(C)C. The zero-order valence-corrected chi connectivity index (χ0v) is 13.3. The molecule has 1 aliphatic rings. The highest BCUT2D eigenvalue weighted by Crippen LogP contribution is 2.31. The van der Waals surface area contributed by atoms with Gasteiger partial charge in [0.25, 0.3) is 0 Å². The van der Waals surface area contributed by atoms with Crippen LogP contribution in [0.25, 0.3) is 16.8 Å². The van der Waals surface area contributed by atoms with E-state index in [1.165, 1.54) is 17.7 Å². The van der Waals surface area contributed by atoms with Gasteiger partial charge in [0.1, 0.15) is 11.6 Å². The number of halogens is 1. The second kappa shape index (κ2) is 5.91. The molecule has 0 saturated heterocycles. The molecule has 0 radical (unpaired) electrons. The lowest BCUT2D eigenvalue weighted by Crippen LogP contribution is -2.07. The van der Waals surface area contributed by atoms with Gasteiger partial charge in [-0.1, -0.05) is 18.2 Å². The van der Waals surface area contributed by atoms with Crippen LogP contribution in [0.3, 0.4) is 0 Å². The van der Waals surface area contributed by atoms with Gasteiger partial charge in [0.05, 0.1) is 5.69 Å². The van der Waals surface area contributed by atoms with E-state index in [0.717, 1.165) is 35.6 Å². The molecule has 0 aliphatic heterocycles. The molecule has 3 heteroatoms. The Hall–Kier alpha value is -2.16. The van der Waals surface area contributed by atoms with Gasteiger partial charge in [-0.3, -0.25) is 0 Å². The average molecular weight is 296 g/mol. The van der Waals surface area contributed by atoms with Crippen LogP contribution in [0.4, 0.5) is 4.39 Å². The minimum Gasteiger partial charge on any atom is -0.325 e. The van der Waals surface area contributed by atoms with Crippen molar-refractivity contribution in [2.75, 3.05) is 0 Å². The summed E-state index contributed by atoms with van der Waals surface area (Å²) in [4.78, 5) is 4.88. The quantitative estimate of drug-likeness (QED) is 0.750. The van der Waals surface area contributed by atoms with Crippen molar-refractivity contribution in [3.63, 3.8) is 0 Å². The van der Waals surface area contributed by atoms with Crippen molar-refractivity contribution in [2.24, 2.45) is 0 Å². The van der Waals surface area contributed by atoms with Gasteiger partial charge in [-0.25, -0.2) is 9.37 Å². The van der Waals surface area contributed by atoms with Crippen LogP contribution in [-0.4, -0.2) is 9.55 Å². The molecule has 2 aromatic rings. The monoisotopic (exact) mass is 296 g/mol. The highest BCUT2D eigenvalue weighted by atomic mass is 19.1. The first-order valence-electron chi connectivity index (χ1n) is 7.79. The molecule has 1 aromatic heterocycles. The Morgan fingerprint density at radius 1 is 1.14 bits per heavy atom. The van der Waals surface area contributed by atoms with Crippen LogP contribution in [0.5, 0.6) is 0 Å². The zero-order chi connectivity index (χ0) is 15.7. The van der Waals surface area contributed by atoms with E-state index in [-0.39, 0.29) is 5.82 Å². The Balaban J connectivity index is 2.15. The topological polar surface area (TPSA) is 17.8 Å². The average Bonchev–Trinajstić information content (AvgIpc) is 2.87. The summed E-state index contributed by atoms with van der Waals surface area (Å²) < 4.78 is 15.4. The van der Waals surface area contributed by atoms with Gasteiger partial charge in [-0.15, -0.1) is 0 Å². The number of rotatable bonds is 3. The van der Waals surface area contributed by atoms with Gasteiger partial charge < -0.3 is 4.57 Å². The Kier molecular flexibility index (Phi) is 3.97. The third-order valence-electron chi connectivity index (χ3n) is 4.04. The summed E-state index contributed by atoms with van der Waals surface area (Å²) in [5.74, 6) is 0.783. The molecule has 0 saturated carbocycles. The Morgan fingerprint density at radius 3 is 2.45 bits per heavy atom. The first-order valence-corrected chi connectivity index (χ1v) is 7.79. The van der Waals surface area contributed by atoms with Crippen LogP contribution in [0, 0.1) is 12.7 Å². The zero-order valence-electron chi connectivity index (χ0n) is 13.3. The van der Waals surface area contributed by atoms with Crippen LogP contribution in [0.1, 0.15) is 44.2 Å². The van der Waals surface area contributed by atoms with E-state index in [2.05, 4.69) is 43.6 Å². The summed E-state index contributed by atoms with van der Waals surface area (Å²) in [5, 5.41) is 0. The fraction of sp³-hybridized carbons (Fsp3) is 0.316. The predicted molar refractivity (Wildman–Crippen MR) is 89.1 cm³/mol. The van der Waals surface area contributed by atoms with E-state index in [0.29, 0.717) is 6.04 Å². The van der Waals surface area contributed by atoms with Crippen molar-refractivity contribution in [2.45, 2.75) is 39.7 Å². The Labute approximate surface area is 131 Å². The van der Waals surface area contributed by atoms with E-state index < -0.39 is 0 Å². The highest BCUT2D eigenvalue weighted by molar-refractivity contribution is 5.74. The van der Waals surface area contributed by atoms with Gasteiger partial charge in [-0.05, 0) is 57.9 Å². The van der Waals surface area contributed by atoms with E-state index in [4.69, 9.17) is 4.98 Å². The van der Waals surface area contributed by atoms with Crippen molar-refractivity contribution in [1.29, 1.82) is 0 Å². The number of allylic oxidation sites excluding steroid dienone is 4. The van der Waals surface area contributed by atoms with Crippen molar-refractivity contribution in [3.05, 3.63) is 59.8 Å². The summed E-state index contributed by atoms with van der Waals surface area (Å²) in [5.41, 5.74) is 4.19. The number of hydrogen-bond donors (Lipinski definition) is 0. The van der Waals surface area contributed by atoms with Crippen molar-refractivity contribution >= 4 is 5.57 Å². The molecule has 0 spiro atoms. The second-order valence-corrected chi connectivity index (χ2v) is 5.98. The molecule has 1 aromatic carbocycles. The summed E-state index contributed by atoms with van der Waals surface area (Å²) in [6, 6.07) is 6.90. The summed E-state index contributed by atoms with van der Waals surface area (Å²) >= 11 is 0. The van der Waals surface area contributed by atoms with Gasteiger partial charge in [0, 0.05) is 22.9 Å². The smallest absolute Gasteiger partial charge is 0.140 e. The van der Waals surface area contributed by atoms with Crippen LogP contribution in [0.2, 0.25) is 0 Å². The standard InChI is InChI=1S/C19H21FN2/c1-13(2)22-14(3)18(15-9-11-17(20)12-10-15)21-19(22)16-7-5-4-6-8-16/h5,7-13H,4,6H2,1-3H3. The molecule has 3 rings (SSSR count). The van der Waals surface area contributed by atoms with E-state index >= 15 is 0 Å². The van der Waals surface area contributed by atoms with E-state index in [1.807, 2.05) is 0 Å². The minimum atomic E-state index is -0.220. The van der Waals surface area contributed by atoms with Crippen LogP contribution in [-0.2, 0) is 0 Å². The minimum absolute atomic E-state index is 0.220. The van der Waals surface area contributed by atoms with E-state index in [1.54, 1.807) is 12.1 Å². The molecular formula is C19H21FN2. The normalized spacial score (nSPS) is 14.5.